The second-order valence-electron chi connectivity index (χ2n) is 9.60. The van der Waals surface area contributed by atoms with Crippen molar-refractivity contribution in [2.24, 2.45) is 0 Å². The lowest BCUT2D eigenvalue weighted by atomic mass is 9.97. The van der Waals surface area contributed by atoms with Crippen LogP contribution >= 0.6 is 16.3 Å². The Balaban J connectivity index is 2.02. The SMILES string of the molecule is CO[C@H]1C(OP(OCCC#N)N(C(C)C)C(C)C)C2(COP(=O)(OCCC#N)OC2)O[C@H]1n1ccc(=O)[nH]c1=O. The molecule has 0 aliphatic carbocycles. The van der Waals surface area contributed by atoms with E-state index in [9.17, 15) is 14.2 Å². The third kappa shape index (κ3) is 7.44. The van der Waals surface area contributed by atoms with Crippen molar-refractivity contribution in [3.05, 3.63) is 33.1 Å². The highest BCUT2D eigenvalue weighted by molar-refractivity contribution is 7.48. The number of phosphoric ester groups is 1. The minimum atomic E-state index is -4.01. The first-order chi connectivity index (χ1) is 19.0. The highest BCUT2D eigenvalue weighted by atomic mass is 31.2. The molecule has 4 atom stereocenters. The molecule has 3 heterocycles. The van der Waals surface area contributed by atoms with Crippen LogP contribution in [0.2, 0.25) is 0 Å². The third-order valence-electron chi connectivity index (χ3n) is 6.11. The van der Waals surface area contributed by atoms with Crippen LogP contribution < -0.4 is 11.2 Å². The van der Waals surface area contributed by atoms with E-state index < -0.39 is 51.6 Å². The first-order valence-corrected chi connectivity index (χ1v) is 15.3. The summed E-state index contributed by atoms with van der Waals surface area (Å²) in [5.74, 6) is 0. The van der Waals surface area contributed by atoms with Crippen molar-refractivity contribution in [3.8, 4) is 12.1 Å². The van der Waals surface area contributed by atoms with Crippen LogP contribution in [0.25, 0.3) is 0 Å². The second kappa shape index (κ2) is 14.3. The maximum Gasteiger partial charge on any atom is 0.475 e. The molecular formula is C23H35N5O10P2. The van der Waals surface area contributed by atoms with Crippen LogP contribution in [0, 0.1) is 22.7 Å². The number of rotatable bonds is 13. The number of H-pyrrole nitrogens is 1. The van der Waals surface area contributed by atoms with E-state index in [4.69, 9.17) is 42.6 Å². The molecule has 2 unspecified atom stereocenters. The van der Waals surface area contributed by atoms with Crippen molar-refractivity contribution >= 4 is 16.3 Å². The van der Waals surface area contributed by atoms with E-state index in [-0.39, 0.29) is 51.4 Å². The molecule has 2 fully saturated rings. The molecule has 0 bridgehead atoms. The topological polar surface area (TPSA) is 187 Å². The van der Waals surface area contributed by atoms with Crippen molar-refractivity contribution in [3.63, 3.8) is 0 Å². The monoisotopic (exact) mass is 603 g/mol. The van der Waals surface area contributed by atoms with Gasteiger partial charge in [0.25, 0.3) is 14.1 Å². The molecule has 1 aromatic heterocycles. The van der Waals surface area contributed by atoms with Crippen molar-refractivity contribution in [1.82, 2.24) is 14.2 Å². The molecule has 0 saturated carbocycles. The number of nitriles is 2. The van der Waals surface area contributed by atoms with Gasteiger partial charge in [0.1, 0.15) is 17.8 Å². The lowest BCUT2D eigenvalue weighted by molar-refractivity contribution is -0.163. The Labute approximate surface area is 233 Å². The fourth-order valence-electron chi connectivity index (χ4n) is 4.42. The Morgan fingerprint density at radius 3 is 2.35 bits per heavy atom. The van der Waals surface area contributed by atoms with Gasteiger partial charge >= 0.3 is 13.5 Å². The molecule has 0 radical (unpaired) electrons. The summed E-state index contributed by atoms with van der Waals surface area (Å²) in [5.41, 5.74) is -2.78. The number of nitrogens with one attached hydrogen (secondary N) is 1. The van der Waals surface area contributed by atoms with Crippen LogP contribution in [0.3, 0.4) is 0 Å². The van der Waals surface area contributed by atoms with Gasteiger partial charge in [-0.05, 0) is 27.7 Å². The largest absolute Gasteiger partial charge is 0.475 e. The summed E-state index contributed by atoms with van der Waals surface area (Å²) in [6.45, 7) is 7.19. The van der Waals surface area contributed by atoms with Gasteiger partial charge in [-0.15, -0.1) is 0 Å². The second-order valence-corrected chi connectivity index (χ2v) is 12.7. The smallest absolute Gasteiger partial charge is 0.374 e. The van der Waals surface area contributed by atoms with E-state index in [1.807, 2.05) is 44.5 Å². The fourth-order valence-corrected chi connectivity index (χ4v) is 7.52. The highest BCUT2D eigenvalue weighted by Gasteiger charge is 2.62. The zero-order valence-corrected chi connectivity index (χ0v) is 24.8. The number of ether oxygens (including phenoxy) is 2. The van der Waals surface area contributed by atoms with E-state index >= 15 is 0 Å². The van der Waals surface area contributed by atoms with Gasteiger partial charge in [-0.2, -0.15) is 10.5 Å². The average molecular weight is 604 g/mol. The number of nitrogens with zero attached hydrogens (tertiary/aromatic N) is 4. The average Bonchev–Trinajstić information content (AvgIpc) is 3.18. The normalized spacial score (nSPS) is 29.2. The Morgan fingerprint density at radius 1 is 1.18 bits per heavy atom. The Bertz CT molecular complexity index is 1220. The molecule has 1 spiro atoms. The predicted octanol–water partition coefficient (Wildman–Crippen LogP) is 2.57. The zero-order chi connectivity index (χ0) is 29.5. The predicted molar refractivity (Wildman–Crippen MR) is 141 cm³/mol. The molecule has 222 valence electrons. The summed E-state index contributed by atoms with van der Waals surface area (Å²) in [6.07, 6.45) is -1.66. The molecular weight excluding hydrogens is 568 g/mol. The van der Waals surface area contributed by atoms with E-state index in [2.05, 4.69) is 4.98 Å². The van der Waals surface area contributed by atoms with Gasteiger partial charge in [0.2, 0.25) is 0 Å². The van der Waals surface area contributed by atoms with E-state index in [0.717, 1.165) is 4.57 Å². The highest BCUT2D eigenvalue weighted by Crippen LogP contribution is 2.59. The van der Waals surface area contributed by atoms with E-state index in [1.165, 1.54) is 19.4 Å². The van der Waals surface area contributed by atoms with Gasteiger partial charge < -0.3 is 18.5 Å². The summed E-state index contributed by atoms with van der Waals surface area (Å²) >= 11 is 0. The fraction of sp³-hybridized carbons (Fsp3) is 0.739. The van der Waals surface area contributed by atoms with Crippen LogP contribution in [0.1, 0.15) is 46.8 Å². The number of aromatic nitrogens is 2. The summed E-state index contributed by atoms with van der Waals surface area (Å²) in [6, 6.07) is 5.07. The molecule has 15 nitrogen and oxygen atoms in total. The lowest BCUT2D eigenvalue weighted by Crippen LogP contribution is -2.54. The van der Waals surface area contributed by atoms with Gasteiger partial charge in [0.05, 0.1) is 51.4 Å². The molecule has 2 aliphatic heterocycles. The van der Waals surface area contributed by atoms with Gasteiger partial charge in [0, 0.05) is 31.5 Å². The number of aromatic amines is 1. The van der Waals surface area contributed by atoms with Gasteiger partial charge in [-0.3, -0.25) is 27.9 Å². The maximum atomic E-state index is 13.0. The Morgan fingerprint density at radius 2 is 1.80 bits per heavy atom. The molecule has 0 aromatic carbocycles. The molecule has 0 amide bonds. The molecule has 17 heteroatoms. The summed E-state index contributed by atoms with van der Waals surface area (Å²) in [7, 11) is -4.41. The molecule has 2 saturated heterocycles. The first-order valence-electron chi connectivity index (χ1n) is 12.7. The number of methoxy groups -OCH3 is 1. The minimum absolute atomic E-state index is 0.0160. The van der Waals surface area contributed by atoms with Crippen molar-refractivity contribution < 1.29 is 36.7 Å². The molecule has 1 aromatic rings. The molecule has 2 aliphatic rings. The van der Waals surface area contributed by atoms with E-state index in [1.54, 1.807) is 0 Å². The van der Waals surface area contributed by atoms with Crippen molar-refractivity contribution in [2.45, 2.75) is 76.7 Å². The van der Waals surface area contributed by atoms with Crippen LogP contribution in [0.5, 0.6) is 0 Å². The Kier molecular flexibility index (Phi) is 11.6. The van der Waals surface area contributed by atoms with Crippen LogP contribution in [-0.4, -0.2) is 77.7 Å². The zero-order valence-electron chi connectivity index (χ0n) is 23.0. The van der Waals surface area contributed by atoms with Crippen molar-refractivity contribution in [1.29, 1.82) is 10.5 Å². The summed E-state index contributed by atoms with van der Waals surface area (Å²) in [5, 5.41) is 17.8. The van der Waals surface area contributed by atoms with Crippen LogP contribution in [0.4, 0.5) is 0 Å². The quantitative estimate of drug-likeness (QED) is 0.256. The van der Waals surface area contributed by atoms with Gasteiger partial charge in [0.15, 0.2) is 6.23 Å². The maximum absolute atomic E-state index is 13.0. The third-order valence-corrected chi connectivity index (χ3v) is 9.62. The minimum Gasteiger partial charge on any atom is -0.374 e. The summed E-state index contributed by atoms with van der Waals surface area (Å²) < 4.78 is 57.3. The molecule has 1 N–H and O–H groups in total. The van der Waals surface area contributed by atoms with Crippen molar-refractivity contribution in [2.75, 3.05) is 33.5 Å². The number of phosphoric acid groups is 1. The molecule has 3 rings (SSSR count). The van der Waals surface area contributed by atoms with Crippen LogP contribution in [-0.2, 0) is 36.7 Å². The number of hydrogen-bond acceptors (Lipinski definition) is 13. The summed E-state index contributed by atoms with van der Waals surface area (Å²) in [4.78, 5) is 26.6. The molecule has 40 heavy (non-hydrogen) atoms. The lowest BCUT2D eigenvalue weighted by Gasteiger charge is -2.42. The standard InChI is InChI=1S/C23H35N5O10P2/c1-16(2)28(17(3)4)39(33-12-6-9-24)38-20-19(32-5)21(27-11-8-18(29)26-22(27)30)37-23(20)14-35-40(31,36-15-23)34-13-7-10-25/h8,11,16-17,19-21H,6-7,12-15H2,1-5H3,(H,26,29,30)/t19-,20?,21+,23?,39?,40?/m0/s1. The first kappa shape index (κ1) is 32.5. The van der Waals surface area contributed by atoms with E-state index in [0.29, 0.717) is 0 Å². The van der Waals surface area contributed by atoms with Gasteiger partial charge in [-0.1, -0.05) is 0 Å². The van der Waals surface area contributed by atoms with Gasteiger partial charge in [-0.25, -0.2) is 14.0 Å². The number of hydrogen-bond donors (Lipinski definition) is 1. The van der Waals surface area contributed by atoms with Crippen LogP contribution in [0.15, 0.2) is 21.9 Å². The Hall–Kier alpha value is -2.00.